The minimum Gasteiger partial charge on any atom is -0.493 e. The van der Waals surface area contributed by atoms with Gasteiger partial charge >= 0.3 is 0 Å². The van der Waals surface area contributed by atoms with Crippen LogP contribution in [0.15, 0.2) is 51.8 Å². The van der Waals surface area contributed by atoms with Crippen LogP contribution in [-0.4, -0.2) is 46.1 Å². The summed E-state index contributed by atoms with van der Waals surface area (Å²) < 4.78 is 34.2. The summed E-state index contributed by atoms with van der Waals surface area (Å²) in [7, 11) is -3.51. The Labute approximate surface area is 185 Å². The highest BCUT2D eigenvalue weighted by Gasteiger charge is 2.38. The highest BCUT2D eigenvalue weighted by Crippen LogP contribution is 2.41. The van der Waals surface area contributed by atoms with Gasteiger partial charge in [0.1, 0.15) is 5.75 Å². The van der Waals surface area contributed by atoms with E-state index in [1.54, 1.807) is 30.3 Å². The third-order valence-corrected chi connectivity index (χ3v) is 7.36. The summed E-state index contributed by atoms with van der Waals surface area (Å²) in [6, 6.07) is 14.4. The zero-order valence-corrected chi connectivity index (χ0v) is 18.8. The van der Waals surface area contributed by atoms with E-state index in [-0.39, 0.29) is 17.3 Å². The smallest absolute Gasteiger partial charge is 0.240 e. The molecule has 0 amide bonds. The third-order valence-electron chi connectivity index (χ3n) is 5.35. The number of likely N-dealkylation sites (tertiary alicyclic amines) is 1. The molecule has 2 aliphatic rings. The monoisotopic (exact) mass is 497 g/mol. The zero-order valence-electron chi connectivity index (χ0n) is 15.5. The van der Waals surface area contributed by atoms with E-state index in [9.17, 15) is 8.42 Å². The third kappa shape index (κ3) is 4.76. The fraction of sp³-hybridized carbons (Fsp3) is 0.350. The van der Waals surface area contributed by atoms with Crippen molar-refractivity contribution in [3.63, 3.8) is 0 Å². The largest absolute Gasteiger partial charge is 0.493 e. The lowest BCUT2D eigenvalue weighted by Crippen LogP contribution is -2.34. The van der Waals surface area contributed by atoms with Crippen LogP contribution in [0.5, 0.6) is 5.75 Å². The van der Waals surface area contributed by atoms with Crippen LogP contribution in [0.3, 0.4) is 0 Å². The van der Waals surface area contributed by atoms with Gasteiger partial charge in [0.15, 0.2) is 0 Å². The first-order valence-corrected chi connectivity index (χ1v) is 11.4. The lowest BCUT2D eigenvalue weighted by atomic mass is 9.86. The second-order valence-electron chi connectivity index (χ2n) is 7.15. The average Bonchev–Trinajstić information content (AvgIpc) is 3.11. The minimum absolute atomic E-state index is 0. The molecule has 1 saturated heterocycles. The van der Waals surface area contributed by atoms with E-state index in [0.29, 0.717) is 37.1 Å². The van der Waals surface area contributed by atoms with Gasteiger partial charge in [-0.15, -0.1) is 12.4 Å². The fourth-order valence-corrected chi connectivity index (χ4v) is 5.22. The molecule has 0 aliphatic carbocycles. The van der Waals surface area contributed by atoms with Gasteiger partial charge in [-0.3, -0.25) is 0 Å². The van der Waals surface area contributed by atoms with Gasteiger partial charge in [-0.05, 0) is 42.5 Å². The molecule has 0 unspecified atom stereocenters. The highest BCUT2D eigenvalue weighted by molar-refractivity contribution is 9.10. The van der Waals surface area contributed by atoms with Gasteiger partial charge in [0.25, 0.3) is 0 Å². The quantitative estimate of drug-likeness (QED) is 0.685. The summed E-state index contributed by atoms with van der Waals surface area (Å²) in [5.74, 6) is 1.54. The van der Waals surface area contributed by atoms with Gasteiger partial charge in [-0.2, -0.15) is 5.26 Å². The Balaban J connectivity index is 0.00000240. The first-order chi connectivity index (χ1) is 13.5. The number of hydrogen-bond donors (Lipinski definition) is 1. The van der Waals surface area contributed by atoms with Crippen LogP contribution in [0.1, 0.15) is 17.0 Å². The van der Waals surface area contributed by atoms with Crippen LogP contribution in [0.25, 0.3) is 0 Å². The van der Waals surface area contributed by atoms with Crippen LogP contribution >= 0.6 is 28.3 Å². The van der Waals surface area contributed by atoms with Crippen molar-refractivity contribution in [3.8, 4) is 11.8 Å². The number of sulfonamides is 1. The number of benzene rings is 2. The Bertz CT molecular complexity index is 1020. The van der Waals surface area contributed by atoms with E-state index in [0.717, 1.165) is 28.9 Å². The second kappa shape index (κ2) is 9.02. The van der Waals surface area contributed by atoms with Gasteiger partial charge in [-0.1, -0.05) is 15.9 Å². The summed E-state index contributed by atoms with van der Waals surface area (Å²) in [5.41, 5.74) is 1.73. The standard InChI is InChI=1S/C20H20BrN3O3S.ClH/c21-16-2-4-17(5-3-16)28(25,26)23-7-8-24-11-15-13-27-20-6-1-14(10-22)9-18(20)19(15)12-24;/h1-6,9,15,19,23H,7-8,11-13H2;1H/t15-,19+;/m0./s1. The predicted octanol–water partition coefficient (Wildman–Crippen LogP) is 3.13. The first-order valence-electron chi connectivity index (χ1n) is 9.11. The molecular weight excluding hydrogens is 478 g/mol. The second-order valence-corrected chi connectivity index (χ2v) is 9.84. The number of nitrogens with one attached hydrogen (secondary N) is 1. The lowest BCUT2D eigenvalue weighted by molar-refractivity contribution is 0.213. The number of halogens is 2. The molecular formula is C20H21BrClN3O3S. The van der Waals surface area contributed by atoms with Crippen molar-refractivity contribution in [2.75, 3.05) is 32.8 Å². The Kier molecular flexibility index (Phi) is 6.87. The van der Waals surface area contributed by atoms with E-state index in [2.05, 4.69) is 31.6 Å². The molecule has 1 fully saturated rings. The Morgan fingerprint density at radius 1 is 1.21 bits per heavy atom. The summed E-state index contributed by atoms with van der Waals surface area (Å²) in [4.78, 5) is 2.52. The van der Waals surface area contributed by atoms with Crippen molar-refractivity contribution in [3.05, 3.63) is 58.1 Å². The SMILES string of the molecule is Cl.N#Cc1ccc2c(c1)[C@@H]1CN(CCNS(=O)(=O)c3ccc(Br)cc3)C[C@H]1CO2. The summed E-state index contributed by atoms with van der Waals surface area (Å²) >= 11 is 3.31. The number of rotatable bonds is 5. The molecule has 0 saturated carbocycles. The topological polar surface area (TPSA) is 82.4 Å². The Morgan fingerprint density at radius 3 is 2.69 bits per heavy atom. The Hall–Kier alpha value is -1.63. The lowest BCUT2D eigenvalue weighted by Gasteiger charge is -2.27. The van der Waals surface area contributed by atoms with Gasteiger partial charge in [0.2, 0.25) is 10.0 Å². The van der Waals surface area contributed by atoms with Crippen LogP contribution < -0.4 is 9.46 Å². The van der Waals surface area contributed by atoms with Crippen LogP contribution in [0.4, 0.5) is 0 Å². The Morgan fingerprint density at radius 2 is 1.97 bits per heavy atom. The molecule has 2 heterocycles. The predicted molar refractivity (Wildman–Crippen MR) is 116 cm³/mol. The molecule has 4 rings (SSSR count). The number of hydrogen-bond acceptors (Lipinski definition) is 5. The number of nitrogens with zero attached hydrogens (tertiary/aromatic N) is 2. The minimum atomic E-state index is -3.51. The van der Waals surface area contributed by atoms with E-state index in [4.69, 9.17) is 10.00 Å². The maximum Gasteiger partial charge on any atom is 0.240 e. The van der Waals surface area contributed by atoms with Crippen molar-refractivity contribution in [2.24, 2.45) is 5.92 Å². The van der Waals surface area contributed by atoms with Gasteiger partial charge in [0.05, 0.1) is 23.1 Å². The fourth-order valence-electron chi connectivity index (χ4n) is 3.94. The normalized spacial score (nSPS) is 20.7. The van der Waals surface area contributed by atoms with Gasteiger partial charge < -0.3 is 9.64 Å². The van der Waals surface area contributed by atoms with Crippen molar-refractivity contribution in [2.45, 2.75) is 10.8 Å². The maximum atomic E-state index is 12.4. The number of fused-ring (bicyclic) bond motifs is 3. The van der Waals surface area contributed by atoms with E-state index < -0.39 is 10.0 Å². The summed E-state index contributed by atoms with van der Waals surface area (Å²) in [6.07, 6.45) is 0. The highest BCUT2D eigenvalue weighted by atomic mass is 79.9. The molecule has 29 heavy (non-hydrogen) atoms. The summed E-state index contributed by atoms with van der Waals surface area (Å²) in [5, 5.41) is 9.16. The first kappa shape index (κ1) is 22.1. The molecule has 2 atom stereocenters. The van der Waals surface area contributed by atoms with Crippen molar-refractivity contribution in [1.29, 1.82) is 5.26 Å². The molecule has 1 N–H and O–H groups in total. The summed E-state index contributed by atoms with van der Waals surface area (Å²) in [6.45, 7) is 3.35. The molecule has 2 aliphatic heterocycles. The van der Waals surface area contributed by atoms with Crippen LogP contribution in [0, 0.1) is 17.2 Å². The van der Waals surface area contributed by atoms with Gasteiger partial charge in [-0.25, -0.2) is 13.1 Å². The van der Waals surface area contributed by atoms with E-state index in [1.165, 1.54) is 0 Å². The number of ether oxygens (including phenoxy) is 1. The number of nitriles is 1. The molecule has 0 radical (unpaired) electrons. The molecule has 9 heteroatoms. The molecule has 154 valence electrons. The maximum absolute atomic E-state index is 12.4. The molecule has 0 aromatic heterocycles. The van der Waals surface area contributed by atoms with Crippen molar-refractivity contribution >= 4 is 38.4 Å². The van der Waals surface area contributed by atoms with Crippen molar-refractivity contribution in [1.82, 2.24) is 9.62 Å². The average molecular weight is 499 g/mol. The van der Waals surface area contributed by atoms with E-state index >= 15 is 0 Å². The van der Waals surface area contributed by atoms with Gasteiger partial charge in [0, 0.05) is 48.1 Å². The molecule has 2 aromatic carbocycles. The molecule has 0 bridgehead atoms. The molecule has 6 nitrogen and oxygen atoms in total. The van der Waals surface area contributed by atoms with Crippen LogP contribution in [-0.2, 0) is 10.0 Å². The molecule has 2 aromatic rings. The van der Waals surface area contributed by atoms with Crippen molar-refractivity contribution < 1.29 is 13.2 Å². The van der Waals surface area contributed by atoms with E-state index in [1.807, 2.05) is 12.1 Å². The van der Waals surface area contributed by atoms with Crippen LogP contribution in [0.2, 0.25) is 0 Å². The zero-order chi connectivity index (χ0) is 19.7. The molecule has 0 spiro atoms.